The van der Waals surface area contributed by atoms with E-state index in [2.05, 4.69) is 4.74 Å². The summed E-state index contributed by atoms with van der Waals surface area (Å²) in [5.41, 5.74) is -0.518. The summed E-state index contributed by atoms with van der Waals surface area (Å²) in [7, 11) is -3.35. The first-order valence-corrected chi connectivity index (χ1v) is 19.4. The number of aromatic nitrogens is 1. The predicted octanol–water partition coefficient (Wildman–Crippen LogP) is 6.16. The number of halogens is 4. The second kappa shape index (κ2) is 18.6. The average Bonchev–Trinajstić information content (AvgIpc) is 4.04. The minimum Gasteiger partial charge on any atom is -0.619 e. The normalized spacial score (nSPS) is 14.6. The lowest BCUT2D eigenvalue weighted by atomic mass is 10.0. The molecular weight excluding hydrogens is 805 g/mol. The first-order valence-electron chi connectivity index (χ1n) is 17.5. The van der Waals surface area contributed by atoms with E-state index >= 15 is 0 Å². The Hall–Kier alpha value is -4.61. The van der Waals surface area contributed by atoms with Crippen molar-refractivity contribution in [3.05, 3.63) is 80.7 Å². The van der Waals surface area contributed by atoms with Crippen molar-refractivity contribution in [2.75, 3.05) is 30.7 Å². The SMILES string of the molecule is CC(C)(C)OC(=O)CN(c1ccc(C(=O)OCC(=O)O[C@@H](Cc2c(Cl)c[n+]([O-])cc2Cl)c2ccc(OC(F)F)c(OCC3CC3)c2)cc1OCC1CC1)[SH](=O)=O. The Bertz CT molecular complexity index is 1970. The second-order valence-electron chi connectivity index (χ2n) is 14.2. The fraction of sp³-hybridized carbons (Fsp3) is 0.459. The van der Waals surface area contributed by atoms with Crippen molar-refractivity contribution in [1.29, 1.82) is 0 Å². The van der Waals surface area contributed by atoms with Crippen LogP contribution in [0.2, 0.25) is 10.0 Å². The molecule has 0 radical (unpaired) electrons. The van der Waals surface area contributed by atoms with Crippen molar-refractivity contribution in [1.82, 2.24) is 0 Å². The van der Waals surface area contributed by atoms with Crippen molar-refractivity contribution < 1.29 is 64.7 Å². The molecule has 1 aromatic heterocycles. The van der Waals surface area contributed by atoms with E-state index in [1.54, 1.807) is 20.8 Å². The molecule has 0 spiro atoms. The molecular formula is C37H40Cl2F2N2O12S. The molecule has 0 unspecified atom stereocenters. The first-order chi connectivity index (χ1) is 26.4. The number of esters is 3. The molecule has 0 saturated heterocycles. The minimum absolute atomic E-state index is 0.0161. The van der Waals surface area contributed by atoms with Crippen molar-refractivity contribution in [2.45, 2.75) is 71.2 Å². The molecule has 14 nitrogen and oxygen atoms in total. The molecule has 0 amide bonds. The third-order valence-electron chi connectivity index (χ3n) is 8.31. The maximum atomic E-state index is 13.3. The van der Waals surface area contributed by atoms with Crippen LogP contribution in [-0.2, 0) is 41.1 Å². The Morgan fingerprint density at radius 3 is 2.11 bits per heavy atom. The third-order valence-corrected chi connectivity index (χ3v) is 9.71. The molecule has 2 aliphatic carbocycles. The molecule has 56 heavy (non-hydrogen) atoms. The number of carbonyl (C=O) groups excluding carboxylic acids is 3. The minimum atomic E-state index is -3.35. The lowest BCUT2D eigenvalue weighted by molar-refractivity contribution is -0.605. The molecule has 304 valence electrons. The number of carbonyl (C=O) groups is 3. The van der Waals surface area contributed by atoms with E-state index in [1.807, 2.05) is 0 Å². The number of anilines is 1. The quantitative estimate of drug-likeness (QED) is 0.0480. The Labute approximate surface area is 333 Å². The zero-order valence-electron chi connectivity index (χ0n) is 30.5. The van der Waals surface area contributed by atoms with Gasteiger partial charge in [0.1, 0.15) is 34.0 Å². The van der Waals surface area contributed by atoms with Gasteiger partial charge in [-0.2, -0.15) is 13.5 Å². The van der Waals surface area contributed by atoms with E-state index in [4.69, 9.17) is 46.9 Å². The van der Waals surface area contributed by atoms with Crippen LogP contribution in [0, 0.1) is 17.0 Å². The molecule has 19 heteroatoms. The van der Waals surface area contributed by atoms with Crippen LogP contribution in [0.1, 0.15) is 74.0 Å². The number of ether oxygens (including phenoxy) is 6. The summed E-state index contributed by atoms with van der Waals surface area (Å²) in [6.45, 7) is 0.684. The smallest absolute Gasteiger partial charge is 0.387 e. The van der Waals surface area contributed by atoms with Gasteiger partial charge in [-0.1, -0.05) is 29.3 Å². The number of thiol groups is 1. The summed E-state index contributed by atoms with van der Waals surface area (Å²) in [6, 6.07) is 7.72. The van der Waals surface area contributed by atoms with Gasteiger partial charge in [0.2, 0.25) is 10.9 Å². The van der Waals surface area contributed by atoms with Gasteiger partial charge in [0.15, 0.2) is 30.5 Å². The molecule has 2 aliphatic rings. The Balaban J connectivity index is 1.35. The van der Waals surface area contributed by atoms with E-state index in [0.29, 0.717) is 4.73 Å². The molecule has 1 atom stereocenters. The van der Waals surface area contributed by atoms with Crippen molar-refractivity contribution in [3.63, 3.8) is 0 Å². The second-order valence-corrected chi connectivity index (χ2v) is 16.0. The number of hydrogen-bond donors (Lipinski definition) is 1. The van der Waals surface area contributed by atoms with Crippen LogP contribution in [-0.4, -0.2) is 64.9 Å². The number of rotatable bonds is 19. The van der Waals surface area contributed by atoms with Gasteiger partial charge in [0, 0.05) is 12.0 Å². The Kier molecular flexibility index (Phi) is 14.1. The van der Waals surface area contributed by atoms with Crippen molar-refractivity contribution in [3.8, 4) is 17.2 Å². The summed E-state index contributed by atoms with van der Waals surface area (Å²) in [4.78, 5) is 39.0. The van der Waals surface area contributed by atoms with Crippen LogP contribution in [0.3, 0.4) is 0 Å². The van der Waals surface area contributed by atoms with Crippen LogP contribution < -0.4 is 23.2 Å². The van der Waals surface area contributed by atoms with Crippen LogP contribution in [0.4, 0.5) is 14.5 Å². The molecule has 5 rings (SSSR count). The van der Waals surface area contributed by atoms with Gasteiger partial charge < -0.3 is 33.6 Å². The first kappa shape index (κ1) is 42.5. The Morgan fingerprint density at radius 2 is 1.54 bits per heavy atom. The maximum absolute atomic E-state index is 13.3. The number of nitrogens with zero attached hydrogens (tertiary/aromatic N) is 2. The highest BCUT2D eigenvalue weighted by Gasteiger charge is 2.29. The third kappa shape index (κ3) is 12.7. The molecule has 2 fully saturated rings. The van der Waals surface area contributed by atoms with E-state index in [9.17, 15) is 36.8 Å². The molecule has 3 aromatic rings. The summed E-state index contributed by atoms with van der Waals surface area (Å²) < 4.78 is 84.7. The van der Waals surface area contributed by atoms with E-state index in [-0.39, 0.29) is 81.1 Å². The maximum Gasteiger partial charge on any atom is 0.387 e. The average molecular weight is 846 g/mol. The molecule has 0 N–H and O–H groups in total. The standard InChI is InChI=1S/C37H40Cl2F2N2O12S/c1-37(2,3)55-33(44)17-43(56(48)49)28-10-8-24(13-31(28)50-18-21-4-5-21)35(46)52-20-34(45)53-30(14-25-26(38)15-42(47)16-27(25)39)23-9-11-29(54-36(40)41)32(12-23)51-19-22-6-7-22/h8-13,15-16,21-22,30,36,56H,4-7,14,17-20H2,1-3H3/t30-/m0/s1. The van der Waals surface area contributed by atoms with Crippen LogP contribution in [0.25, 0.3) is 0 Å². The lowest BCUT2D eigenvalue weighted by Crippen LogP contribution is -2.34. The lowest BCUT2D eigenvalue weighted by Gasteiger charge is -2.24. The van der Waals surface area contributed by atoms with Crippen molar-refractivity contribution in [2.24, 2.45) is 11.8 Å². The van der Waals surface area contributed by atoms with Crippen LogP contribution >= 0.6 is 23.2 Å². The number of benzene rings is 2. The van der Waals surface area contributed by atoms with Gasteiger partial charge in [-0.3, -0.25) is 9.10 Å². The van der Waals surface area contributed by atoms with Gasteiger partial charge in [-0.05, 0) is 94.2 Å². The van der Waals surface area contributed by atoms with E-state index < -0.39 is 60.3 Å². The molecule has 2 aromatic carbocycles. The molecule has 2 saturated carbocycles. The van der Waals surface area contributed by atoms with Crippen LogP contribution in [0.5, 0.6) is 17.2 Å². The number of alkyl halides is 2. The summed E-state index contributed by atoms with van der Waals surface area (Å²) in [5, 5.41) is 11.8. The molecule has 1 heterocycles. The highest BCUT2D eigenvalue weighted by atomic mass is 35.5. The van der Waals surface area contributed by atoms with E-state index in [0.717, 1.165) is 42.4 Å². The van der Waals surface area contributed by atoms with Crippen molar-refractivity contribution >= 4 is 57.7 Å². The zero-order valence-corrected chi connectivity index (χ0v) is 33.0. The highest BCUT2D eigenvalue weighted by Crippen LogP contribution is 2.38. The Morgan fingerprint density at radius 1 is 0.911 bits per heavy atom. The molecule has 0 bridgehead atoms. The fourth-order valence-corrected chi connectivity index (χ4v) is 6.42. The highest BCUT2D eigenvalue weighted by molar-refractivity contribution is 7.74. The summed E-state index contributed by atoms with van der Waals surface area (Å²) in [5.74, 6) is -2.64. The summed E-state index contributed by atoms with van der Waals surface area (Å²) in [6.07, 6.45) is 4.33. The van der Waals surface area contributed by atoms with Gasteiger partial charge in [0.25, 0.3) is 0 Å². The van der Waals surface area contributed by atoms with Gasteiger partial charge in [-0.25, -0.2) is 18.0 Å². The largest absolute Gasteiger partial charge is 0.619 e. The number of hydrogen-bond acceptors (Lipinski definition) is 12. The number of pyridine rings is 1. The summed E-state index contributed by atoms with van der Waals surface area (Å²) >= 11 is 12.6. The van der Waals surface area contributed by atoms with Gasteiger partial charge >= 0.3 is 24.5 Å². The van der Waals surface area contributed by atoms with Crippen LogP contribution in [0.15, 0.2) is 48.8 Å². The molecule has 0 aliphatic heterocycles. The predicted molar refractivity (Wildman–Crippen MR) is 198 cm³/mol. The zero-order chi connectivity index (χ0) is 40.7. The van der Waals surface area contributed by atoms with Gasteiger partial charge in [0.05, 0.1) is 24.5 Å². The monoisotopic (exact) mass is 844 g/mol. The topological polar surface area (TPSA) is 171 Å². The van der Waals surface area contributed by atoms with Gasteiger partial charge in [-0.15, -0.1) is 0 Å². The van der Waals surface area contributed by atoms with E-state index in [1.165, 1.54) is 36.4 Å². The fourth-order valence-electron chi connectivity index (χ4n) is 5.25.